The molecule has 0 radical (unpaired) electrons. The van der Waals surface area contributed by atoms with Crippen LogP contribution in [0.25, 0.3) is 0 Å². The molecule has 3 nitrogen and oxygen atoms in total. The van der Waals surface area contributed by atoms with Crippen molar-refractivity contribution in [3.8, 4) is 0 Å². The van der Waals surface area contributed by atoms with Gasteiger partial charge in [-0.25, -0.2) is 4.98 Å². The van der Waals surface area contributed by atoms with E-state index in [-0.39, 0.29) is 0 Å². The Hall–Kier alpha value is -1.09. The molecule has 0 aromatic carbocycles. The van der Waals surface area contributed by atoms with E-state index >= 15 is 0 Å². The molecular formula is C14H23N3. The number of aryl methyl sites for hydroxylation is 1. The van der Waals surface area contributed by atoms with E-state index in [9.17, 15) is 0 Å². The molecule has 1 atom stereocenters. The molecule has 1 N–H and O–H groups in total. The quantitative estimate of drug-likeness (QED) is 0.870. The van der Waals surface area contributed by atoms with Crippen molar-refractivity contribution in [2.45, 2.75) is 39.2 Å². The molecule has 1 aliphatic heterocycles. The van der Waals surface area contributed by atoms with Crippen molar-refractivity contribution >= 4 is 5.82 Å². The summed E-state index contributed by atoms with van der Waals surface area (Å²) < 4.78 is 0. The second-order valence-electron chi connectivity index (χ2n) is 5.47. The third-order valence-electron chi connectivity index (χ3n) is 3.51. The van der Waals surface area contributed by atoms with E-state index in [1.807, 2.05) is 6.20 Å². The van der Waals surface area contributed by atoms with Crippen LogP contribution in [0.3, 0.4) is 0 Å². The highest BCUT2D eigenvalue weighted by molar-refractivity contribution is 5.43. The minimum atomic E-state index is 0.551. The van der Waals surface area contributed by atoms with E-state index in [0.29, 0.717) is 12.0 Å². The normalized spacial score (nSPS) is 21.1. The van der Waals surface area contributed by atoms with Crippen molar-refractivity contribution < 1.29 is 0 Å². The average Bonchev–Trinajstić information content (AvgIpc) is 2.66. The summed E-state index contributed by atoms with van der Waals surface area (Å²) in [5, 5.41) is 3.54. The smallest absolute Gasteiger partial charge is 0.126 e. The summed E-state index contributed by atoms with van der Waals surface area (Å²) >= 11 is 0. The molecule has 0 aliphatic carbocycles. The number of hydrogen-bond acceptors (Lipinski definition) is 3. The Kier molecular flexibility index (Phi) is 3.67. The van der Waals surface area contributed by atoms with Crippen LogP contribution in [-0.4, -0.2) is 36.1 Å². The van der Waals surface area contributed by atoms with Gasteiger partial charge in [-0.1, -0.05) is 13.8 Å². The SMILES string of the molecule is Cc1cnc(NC2CCN(C)C2)cc1C(C)C. The molecule has 0 spiro atoms. The van der Waals surface area contributed by atoms with Crippen molar-refractivity contribution in [2.24, 2.45) is 0 Å². The van der Waals surface area contributed by atoms with E-state index in [0.717, 1.165) is 12.4 Å². The van der Waals surface area contributed by atoms with E-state index < -0.39 is 0 Å². The van der Waals surface area contributed by atoms with Gasteiger partial charge in [0.15, 0.2) is 0 Å². The van der Waals surface area contributed by atoms with E-state index in [2.05, 4.69) is 49.1 Å². The third-order valence-corrected chi connectivity index (χ3v) is 3.51. The molecule has 1 aromatic heterocycles. The van der Waals surface area contributed by atoms with Crippen molar-refractivity contribution in [1.82, 2.24) is 9.88 Å². The Morgan fingerprint density at radius 1 is 1.47 bits per heavy atom. The van der Waals surface area contributed by atoms with Gasteiger partial charge in [0.05, 0.1) is 0 Å². The number of nitrogens with zero attached hydrogens (tertiary/aromatic N) is 2. The number of anilines is 1. The maximum Gasteiger partial charge on any atom is 0.126 e. The number of nitrogens with one attached hydrogen (secondary N) is 1. The predicted molar refractivity (Wildman–Crippen MR) is 72.6 cm³/mol. The van der Waals surface area contributed by atoms with Gasteiger partial charge in [-0.2, -0.15) is 0 Å². The molecule has 2 heterocycles. The summed E-state index contributed by atoms with van der Waals surface area (Å²) in [7, 11) is 2.17. The van der Waals surface area contributed by atoms with Crippen molar-refractivity contribution in [1.29, 1.82) is 0 Å². The molecule has 1 aliphatic rings. The van der Waals surface area contributed by atoms with Gasteiger partial charge >= 0.3 is 0 Å². The monoisotopic (exact) mass is 233 g/mol. The Balaban J connectivity index is 2.08. The van der Waals surface area contributed by atoms with Gasteiger partial charge in [-0.05, 0) is 50.0 Å². The van der Waals surface area contributed by atoms with Crippen LogP contribution in [0.15, 0.2) is 12.3 Å². The molecule has 17 heavy (non-hydrogen) atoms. The highest BCUT2D eigenvalue weighted by Crippen LogP contribution is 2.22. The van der Waals surface area contributed by atoms with E-state index in [4.69, 9.17) is 0 Å². The lowest BCUT2D eigenvalue weighted by Crippen LogP contribution is -2.24. The highest BCUT2D eigenvalue weighted by Gasteiger charge is 2.19. The standard InChI is InChI=1S/C14H23N3/c1-10(2)13-7-14(15-8-11(13)3)16-12-5-6-17(4)9-12/h7-8,10,12H,5-6,9H2,1-4H3,(H,15,16). The fraction of sp³-hybridized carbons (Fsp3) is 0.643. The first-order valence-corrected chi connectivity index (χ1v) is 6.48. The summed E-state index contributed by atoms with van der Waals surface area (Å²) in [5.74, 6) is 1.59. The number of rotatable bonds is 3. The first-order valence-electron chi connectivity index (χ1n) is 6.48. The molecular weight excluding hydrogens is 210 g/mol. The number of likely N-dealkylation sites (tertiary alicyclic amines) is 1. The fourth-order valence-corrected chi connectivity index (χ4v) is 2.50. The molecule has 1 saturated heterocycles. The molecule has 1 aromatic rings. The second kappa shape index (κ2) is 5.05. The van der Waals surface area contributed by atoms with Crippen LogP contribution in [0.5, 0.6) is 0 Å². The molecule has 0 saturated carbocycles. The Morgan fingerprint density at radius 2 is 2.24 bits per heavy atom. The van der Waals surface area contributed by atoms with E-state index in [1.165, 1.54) is 24.1 Å². The minimum Gasteiger partial charge on any atom is -0.366 e. The topological polar surface area (TPSA) is 28.2 Å². The van der Waals surface area contributed by atoms with Crippen molar-refractivity contribution in [2.75, 3.05) is 25.5 Å². The zero-order valence-electron chi connectivity index (χ0n) is 11.3. The van der Waals surface area contributed by atoms with Crippen LogP contribution in [0, 0.1) is 6.92 Å². The van der Waals surface area contributed by atoms with Gasteiger partial charge in [-0.3, -0.25) is 0 Å². The summed E-state index contributed by atoms with van der Waals surface area (Å²) in [4.78, 5) is 6.84. The van der Waals surface area contributed by atoms with Gasteiger partial charge in [0.25, 0.3) is 0 Å². The zero-order valence-corrected chi connectivity index (χ0v) is 11.3. The average molecular weight is 233 g/mol. The molecule has 1 unspecified atom stereocenters. The van der Waals surface area contributed by atoms with Crippen LogP contribution < -0.4 is 5.32 Å². The number of pyridine rings is 1. The molecule has 94 valence electrons. The van der Waals surface area contributed by atoms with Crippen LogP contribution in [0.1, 0.15) is 37.3 Å². The molecule has 1 fully saturated rings. The minimum absolute atomic E-state index is 0.551. The number of likely N-dealkylation sites (N-methyl/N-ethyl adjacent to an activating group) is 1. The predicted octanol–water partition coefficient (Wildman–Crippen LogP) is 2.63. The van der Waals surface area contributed by atoms with Gasteiger partial charge < -0.3 is 10.2 Å². The molecule has 2 rings (SSSR count). The fourth-order valence-electron chi connectivity index (χ4n) is 2.50. The first kappa shape index (κ1) is 12.4. The Labute approximate surface area is 104 Å². The molecule has 3 heteroatoms. The van der Waals surface area contributed by atoms with Crippen LogP contribution in [0.4, 0.5) is 5.82 Å². The highest BCUT2D eigenvalue weighted by atomic mass is 15.2. The third kappa shape index (κ3) is 2.97. The maximum absolute atomic E-state index is 4.48. The Bertz CT molecular complexity index is 387. The van der Waals surface area contributed by atoms with Gasteiger partial charge in [0.2, 0.25) is 0 Å². The summed E-state index contributed by atoms with van der Waals surface area (Å²) in [6.45, 7) is 8.90. The summed E-state index contributed by atoms with van der Waals surface area (Å²) in [6.07, 6.45) is 3.19. The lowest BCUT2D eigenvalue weighted by molar-refractivity contribution is 0.414. The van der Waals surface area contributed by atoms with Crippen molar-refractivity contribution in [3.05, 3.63) is 23.4 Å². The largest absolute Gasteiger partial charge is 0.366 e. The maximum atomic E-state index is 4.48. The number of hydrogen-bond donors (Lipinski definition) is 1. The summed E-state index contributed by atoms with van der Waals surface area (Å²) in [5.41, 5.74) is 2.68. The molecule has 0 bridgehead atoms. The number of aromatic nitrogens is 1. The lowest BCUT2D eigenvalue weighted by Gasteiger charge is -2.16. The molecule has 0 amide bonds. The van der Waals surface area contributed by atoms with E-state index in [1.54, 1.807) is 0 Å². The van der Waals surface area contributed by atoms with Gasteiger partial charge in [0, 0.05) is 18.8 Å². The van der Waals surface area contributed by atoms with Gasteiger partial charge in [0.1, 0.15) is 5.82 Å². The van der Waals surface area contributed by atoms with Crippen LogP contribution in [0.2, 0.25) is 0 Å². The van der Waals surface area contributed by atoms with Crippen LogP contribution in [-0.2, 0) is 0 Å². The van der Waals surface area contributed by atoms with Crippen molar-refractivity contribution in [3.63, 3.8) is 0 Å². The second-order valence-corrected chi connectivity index (χ2v) is 5.47. The van der Waals surface area contributed by atoms with Gasteiger partial charge in [-0.15, -0.1) is 0 Å². The first-order chi connectivity index (χ1) is 8.06. The Morgan fingerprint density at radius 3 is 2.82 bits per heavy atom. The summed E-state index contributed by atoms with van der Waals surface area (Å²) in [6, 6.07) is 2.76. The lowest BCUT2D eigenvalue weighted by atomic mass is 10.00. The van der Waals surface area contributed by atoms with Crippen LogP contribution >= 0.6 is 0 Å². The zero-order chi connectivity index (χ0) is 12.4.